The van der Waals surface area contributed by atoms with Gasteiger partial charge in [-0.15, -0.1) is 0 Å². The molecule has 0 saturated heterocycles. The van der Waals surface area contributed by atoms with Gasteiger partial charge < -0.3 is 15.5 Å². The summed E-state index contributed by atoms with van der Waals surface area (Å²) < 4.78 is 38.7. The summed E-state index contributed by atoms with van der Waals surface area (Å²) in [5.74, 6) is -2.21. The Kier molecular flexibility index (Phi) is 7.47. The molecule has 2 aromatic rings. The number of carbonyl (C=O) groups excluding carboxylic acids is 1. The lowest BCUT2D eigenvalue weighted by Gasteiger charge is -2.16. The first kappa shape index (κ1) is 19.8. The van der Waals surface area contributed by atoms with Gasteiger partial charge in [0.2, 0.25) is 0 Å². The van der Waals surface area contributed by atoms with E-state index in [4.69, 9.17) is 0 Å². The lowest BCUT2D eigenvalue weighted by Crippen LogP contribution is -2.30. The van der Waals surface area contributed by atoms with Crippen molar-refractivity contribution in [3.8, 4) is 0 Å². The van der Waals surface area contributed by atoms with E-state index in [0.29, 0.717) is 6.54 Å². The maximum absolute atomic E-state index is 13.1. The average Bonchev–Trinajstić information content (AvgIpc) is 2.60. The molecular weight excluding hydrogens is 343 g/mol. The van der Waals surface area contributed by atoms with Gasteiger partial charge in [0, 0.05) is 24.8 Å². The van der Waals surface area contributed by atoms with Gasteiger partial charge >= 0.3 is 6.03 Å². The van der Waals surface area contributed by atoms with Gasteiger partial charge in [-0.3, -0.25) is 0 Å². The summed E-state index contributed by atoms with van der Waals surface area (Å²) >= 11 is 0. The molecule has 0 aliphatic heterocycles. The Hall–Kier alpha value is -2.54. The van der Waals surface area contributed by atoms with Crippen LogP contribution in [0.25, 0.3) is 0 Å². The highest BCUT2D eigenvalue weighted by Crippen LogP contribution is 2.12. The van der Waals surface area contributed by atoms with E-state index in [0.717, 1.165) is 43.6 Å². The smallest absolute Gasteiger partial charge is 0.319 e. The number of carbonyl (C=O) groups is 1. The van der Waals surface area contributed by atoms with Gasteiger partial charge in [-0.05, 0) is 56.3 Å². The highest BCUT2D eigenvalue weighted by Gasteiger charge is 2.06. The van der Waals surface area contributed by atoms with Crippen molar-refractivity contribution in [3.05, 3.63) is 65.5 Å². The van der Waals surface area contributed by atoms with Crippen LogP contribution in [0.4, 0.5) is 23.7 Å². The summed E-state index contributed by atoms with van der Waals surface area (Å²) in [5, 5.41) is 5.12. The zero-order valence-corrected chi connectivity index (χ0v) is 14.6. The van der Waals surface area contributed by atoms with Crippen molar-refractivity contribution in [2.45, 2.75) is 19.4 Å². The number of urea groups is 1. The molecule has 140 valence electrons. The second-order valence-corrected chi connectivity index (χ2v) is 6.08. The zero-order valence-electron chi connectivity index (χ0n) is 14.6. The van der Waals surface area contributed by atoms with Gasteiger partial charge in [0.1, 0.15) is 5.82 Å². The Labute approximate surface area is 151 Å². The van der Waals surface area contributed by atoms with Gasteiger partial charge in [0.15, 0.2) is 11.6 Å². The molecule has 4 nitrogen and oxygen atoms in total. The second-order valence-electron chi connectivity index (χ2n) is 6.08. The Morgan fingerprint density at radius 3 is 2.42 bits per heavy atom. The molecule has 0 spiro atoms. The lowest BCUT2D eigenvalue weighted by molar-refractivity contribution is 0.251. The minimum atomic E-state index is -1.01. The van der Waals surface area contributed by atoms with Gasteiger partial charge in [-0.2, -0.15) is 0 Å². The van der Waals surface area contributed by atoms with Crippen molar-refractivity contribution in [1.82, 2.24) is 10.2 Å². The molecule has 2 N–H and O–H groups in total. The summed E-state index contributed by atoms with van der Waals surface area (Å²) in [5.41, 5.74) is 1.23. The molecule has 0 bridgehead atoms. The van der Waals surface area contributed by atoms with Crippen molar-refractivity contribution < 1.29 is 18.0 Å². The third-order valence-electron chi connectivity index (χ3n) is 3.80. The summed E-state index contributed by atoms with van der Waals surface area (Å²) in [6.45, 7) is 2.04. The van der Waals surface area contributed by atoms with Crippen molar-refractivity contribution >= 4 is 11.7 Å². The first-order valence-electron chi connectivity index (χ1n) is 8.37. The predicted molar refractivity (Wildman–Crippen MR) is 95.3 cm³/mol. The Morgan fingerprint density at radius 1 is 1.00 bits per heavy atom. The second kappa shape index (κ2) is 9.82. The number of benzene rings is 2. The Morgan fingerprint density at radius 2 is 1.73 bits per heavy atom. The third-order valence-corrected chi connectivity index (χ3v) is 3.80. The van der Waals surface area contributed by atoms with Gasteiger partial charge in [-0.1, -0.05) is 12.1 Å². The maximum Gasteiger partial charge on any atom is 0.319 e. The molecule has 0 saturated carbocycles. The first-order chi connectivity index (χ1) is 12.4. The van der Waals surface area contributed by atoms with Crippen LogP contribution in [-0.4, -0.2) is 31.1 Å². The van der Waals surface area contributed by atoms with Crippen LogP contribution in [0, 0.1) is 17.5 Å². The number of hydrogen-bond acceptors (Lipinski definition) is 2. The molecule has 0 atom stereocenters. The van der Waals surface area contributed by atoms with Crippen LogP contribution < -0.4 is 10.6 Å². The van der Waals surface area contributed by atoms with Crippen LogP contribution in [0.3, 0.4) is 0 Å². The fourth-order valence-corrected chi connectivity index (χ4v) is 2.44. The van der Waals surface area contributed by atoms with Crippen LogP contribution in [0.1, 0.15) is 18.4 Å². The van der Waals surface area contributed by atoms with Crippen molar-refractivity contribution in [1.29, 1.82) is 0 Å². The Bertz CT molecular complexity index is 722. The SMILES string of the molecule is CN(CCCCNC(=O)Nc1ccc(F)c(F)c1)Cc1ccc(F)cc1. The molecule has 0 heterocycles. The number of unbranched alkanes of at least 4 members (excludes halogenated alkanes) is 1. The number of anilines is 1. The summed E-state index contributed by atoms with van der Waals surface area (Å²) in [6, 6.07) is 9.13. The van der Waals surface area contributed by atoms with Crippen LogP contribution in [0.5, 0.6) is 0 Å². The van der Waals surface area contributed by atoms with Crippen molar-refractivity contribution in [3.63, 3.8) is 0 Å². The quantitative estimate of drug-likeness (QED) is 0.691. The normalized spacial score (nSPS) is 10.8. The van der Waals surface area contributed by atoms with Gasteiger partial charge in [0.25, 0.3) is 0 Å². The number of nitrogens with zero attached hydrogens (tertiary/aromatic N) is 1. The van der Waals surface area contributed by atoms with Crippen molar-refractivity contribution in [2.75, 3.05) is 25.5 Å². The predicted octanol–water partition coefficient (Wildman–Crippen LogP) is 4.14. The largest absolute Gasteiger partial charge is 0.338 e. The van der Waals surface area contributed by atoms with Gasteiger partial charge in [0.05, 0.1) is 0 Å². The number of hydrogen-bond donors (Lipinski definition) is 2. The molecule has 0 aromatic heterocycles. The van der Waals surface area contributed by atoms with Crippen LogP contribution in [0.2, 0.25) is 0 Å². The summed E-state index contributed by atoms with van der Waals surface area (Å²) in [4.78, 5) is 13.8. The van der Waals surface area contributed by atoms with Gasteiger partial charge in [-0.25, -0.2) is 18.0 Å². The van der Waals surface area contributed by atoms with E-state index in [-0.39, 0.29) is 11.5 Å². The van der Waals surface area contributed by atoms with Crippen LogP contribution >= 0.6 is 0 Å². The Balaban J connectivity index is 1.60. The topological polar surface area (TPSA) is 44.4 Å². The molecule has 7 heteroatoms. The van der Waals surface area contributed by atoms with E-state index >= 15 is 0 Å². The monoisotopic (exact) mass is 365 g/mol. The zero-order chi connectivity index (χ0) is 18.9. The van der Waals surface area contributed by atoms with E-state index < -0.39 is 17.7 Å². The van der Waals surface area contributed by atoms with E-state index in [9.17, 15) is 18.0 Å². The molecule has 2 aromatic carbocycles. The fourth-order valence-electron chi connectivity index (χ4n) is 2.44. The third kappa shape index (κ3) is 6.76. The molecule has 2 rings (SSSR count). The van der Waals surface area contributed by atoms with E-state index in [2.05, 4.69) is 15.5 Å². The van der Waals surface area contributed by atoms with Crippen molar-refractivity contribution in [2.24, 2.45) is 0 Å². The summed E-state index contributed by atoms with van der Waals surface area (Å²) in [7, 11) is 1.98. The van der Waals surface area contributed by atoms with E-state index in [1.807, 2.05) is 7.05 Å². The highest BCUT2D eigenvalue weighted by molar-refractivity contribution is 5.89. The molecule has 0 aliphatic rings. The number of amides is 2. The molecule has 0 fully saturated rings. The molecule has 0 radical (unpaired) electrons. The summed E-state index contributed by atoms with van der Waals surface area (Å²) in [6.07, 6.45) is 1.65. The minimum absolute atomic E-state index is 0.195. The molecule has 0 aliphatic carbocycles. The molecular formula is C19H22F3N3O. The van der Waals surface area contributed by atoms with Crippen LogP contribution in [0.15, 0.2) is 42.5 Å². The molecule has 2 amide bonds. The standard InChI is InChI=1S/C19H22F3N3O/c1-25(13-14-4-6-15(20)7-5-14)11-3-2-10-23-19(26)24-16-8-9-17(21)18(22)12-16/h4-9,12H,2-3,10-11,13H2,1H3,(H2,23,24,26). The minimum Gasteiger partial charge on any atom is -0.338 e. The lowest BCUT2D eigenvalue weighted by atomic mass is 10.2. The first-order valence-corrected chi connectivity index (χ1v) is 8.37. The number of halogens is 3. The highest BCUT2D eigenvalue weighted by atomic mass is 19.2. The van der Waals surface area contributed by atoms with Crippen LogP contribution in [-0.2, 0) is 6.54 Å². The number of rotatable bonds is 8. The fraction of sp³-hybridized carbons (Fsp3) is 0.316. The molecule has 0 unspecified atom stereocenters. The van der Waals surface area contributed by atoms with E-state index in [1.54, 1.807) is 12.1 Å². The number of nitrogens with one attached hydrogen (secondary N) is 2. The van der Waals surface area contributed by atoms with E-state index in [1.165, 1.54) is 18.2 Å². The average molecular weight is 365 g/mol. The maximum atomic E-state index is 13.1. The molecule has 26 heavy (non-hydrogen) atoms.